The SMILES string of the molecule is O=C(NCC1(Sc2ccccc2)CCOCC1)C(=O)Nc1cccc(F)c1. The maximum Gasteiger partial charge on any atom is 0.313 e. The average Bonchev–Trinajstić information content (AvgIpc) is 2.68. The number of carbonyl (C=O) groups is 2. The summed E-state index contributed by atoms with van der Waals surface area (Å²) < 4.78 is 18.4. The molecule has 3 rings (SSSR count). The Balaban J connectivity index is 1.60. The van der Waals surface area contributed by atoms with E-state index in [1.807, 2.05) is 30.3 Å². The van der Waals surface area contributed by atoms with Gasteiger partial charge in [-0.3, -0.25) is 9.59 Å². The third-order valence-electron chi connectivity index (χ3n) is 4.34. The highest BCUT2D eigenvalue weighted by Gasteiger charge is 2.34. The molecule has 0 unspecified atom stereocenters. The number of anilines is 1. The quantitative estimate of drug-likeness (QED) is 0.772. The van der Waals surface area contributed by atoms with Crippen molar-refractivity contribution in [3.8, 4) is 0 Å². The first kappa shape index (κ1) is 19.4. The topological polar surface area (TPSA) is 67.4 Å². The molecule has 1 heterocycles. The van der Waals surface area contributed by atoms with E-state index in [0.717, 1.165) is 23.8 Å². The van der Waals surface area contributed by atoms with Crippen LogP contribution < -0.4 is 10.6 Å². The first-order valence-corrected chi connectivity index (χ1v) is 9.55. The van der Waals surface area contributed by atoms with Crippen LogP contribution in [0.4, 0.5) is 10.1 Å². The minimum Gasteiger partial charge on any atom is -0.381 e. The minimum atomic E-state index is -0.812. The van der Waals surface area contributed by atoms with Crippen molar-refractivity contribution < 1.29 is 18.7 Å². The molecule has 5 nitrogen and oxygen atoms in total. The Morgan fingerprint density at radius 3 is 2.48 bits per heavy atom. The second-order valence-corrected chi connectivity index (χ2v) is 7.90. The van der Waals surface area contributed by atoms with Crippen LogP contribution in [0, 0.1) is 5.82 Å². The number of benzene rings is 2. The van der Waals surface area contributed by atoms with Gasteiger partial charge < -0.3 is 15.4 Å². The van der Waals surface area contributed by atoms with Crippen LogP contribution in [-0.4, -0.2) is 36.3 Å². The van der Waals surface area contributed by atoms with Gasteiger partial charge in [0.25, 0.3) is 0 Å². The summed E-state index contributed by atoms with van der Waals surface area (Å²) >= 11 is 1.70. The van der Waals surface area contributed by atoms with Crippen LogP contribution in [0.3, 0.4) is 0 Å². The van der Waals surface area contributed by atoms with Crippen molar-refractivity contribution in [1.29, 1.82) is 0 Å². The van der Waals surface area contributed by atoms with Gasteiger partial charge in [0, 0.05) is 35.1 Å². The molecule has 0 aromatic heterocycles. The van der Waals surface area contributed by atoms with Gasteiger partial charge in [0.15, 0.2) is 0 Å². The molecule has 1 aliphatic rings. The molecule has 0 saturated carbocycles. The molecule has 0 bridgehead atoms. The summed E-state index contributed by atoms with van der Waals surface area (Å²) in [6.07, 6.45) is 1.55. The number of hydrogen-bond donors (Lipinski definition) is 2. The molecule has 2 aromatic rings. The van der Waals surface area contributed by atoms with Crippen LogP contribution in [0.2, 0.25) is 0 Å². The number of halogens is 1. The third-order valence-corrected chi connectivity index (χ3v) is 5.83. The van der Waals surface area contributed by atoms with E-state index < -0.39 is 17.6 Å². The van der Waals surface area contributed by atoms with E-state index in [1.165, 1.54) is 18.2 Å². The molecule has 0 spiro atoms. The van der Waals surface area contributed by atoms with Crippen LogP contribution >= 0.6 is 11.8 Å². The molecule has 2 aromatic carbocycles. The van der Waals surface area contributed by atoms with E-state index >= 15 is 0 Å². The van der Waals surface area contributed by atoms with E-state index in [0.29, 0.717) is 19.8 Å². The Hall–Kier alpha value is -2.38. The zero-order valence-electron chi connectivity index (χ0n) is 14.7. The molecule has 2 N–H and O–H groups in total. The molecule has 0 radical (unpaired) electrons. The van der Waals surface area contributed by atoms with E-state index in [2.05, 4.69) is 10.6 Å². The molecule has 7 heteroatoms. The van der Waals surface area contributed by atoms with Crippen LogP contribution in [0.1, 0.15) is 12.8 Å². The molecular weight excluding hydrogens is 367 g/mol. The van der Waals surface area contributed by atoms with Crippen LogP contribution in [-0.2, 0) is 14.3 Å². The molecule has 2 amide bonds. The zero-order chi connectivity index (χ0) is 19.1. The molecular formula is C20H21FN2O3S. The fourth-order valence-corrected chi connectivity index (χ4v) is 4.18. The van der Waals surface area contributed by atoms with Crippen molar-refractivity contribution >= 4 is 29.3 Å². The van der Waals surface area contributed by atoms with E-state index in [-0.39, 0.29) is 10.4 Å². The van der Waals surface area contributed by atoms with Crippen molar-refractivity contribution in [2.24, 2.45) is 0 Å². The van der Waals surface area contributed by atoms with Gasteiger partial charge in [-0.15, -0.1) is 11.8 Å². The van der Waals surface area contributed by atoms with Gasteiger partial charge >= 0.3 is 11.8 Å². The number of nitrogens with one attached hydrogen (secondary N) is 2. The number of thioether (sulfide) groups is 1. The second kappa shape index (κ2) is 9.01. The molecule has 1 fully saturated rings. The normalized spacial score (nSPS) is 15.7. The average molecular weight is 388 g/mol. The minimum absolute atomic E-state index is 0.228. The summed E-state index contributed by atoms with van der Waals surface area (Å²) in [5.41, 5.74) is 0.245. The number of carbonyl (C=O) groups excluding carboxylic acids is 2. The molecule has 27 heavy (non-hydrogen) atoms. The van der Waals surface area contributed by atoms with Crippen molar-refractivity contribution in [2.75, 3.05) is 25.1 Å². The van der Waals surface area contributed by atoms with Crippen LogP contribution in [0.15, 0.2) is 59.5 Å². The molecule has 142 valence electrons. The smallest absolute Gasteiger partial charge is 0.313 e. The van der Waals surface area contributed by atoms with Gasteiger partial charge in [-0.25, -0.2) is 4.39 Å². The Kier molecular flexibility index (Phi) is 6.47. The van der Waals surface area contributed by atoms with E-state index in [9.17, 15) is 14.0 Å². The lowest BCUT2D eigenvalue weighted by atomic mass is 9.99. The highest BCUT2D eigenvalue weighted by Crippen LogP contribution is 2.40. The number of ether oxygens (including phenoxy) is 1. The summed E-state index contributed by atoms with van der Waals surface area (Å²) in [5, 5.41) is 5.14. The Bertz CT molecular complexity index is 795. The van der Waals surface area contributed by atoms with Crippen molar-refractivity contribution in [1.82, 2.24) is 5.32 Å². The van der Waals surface area contributed by atoms with Crippen molar-refractivity contribution in [2.45, 2.75) is 22.5 Å². The summed E-state index contributed by atoms with van der Waals surface area (Å²) in [7, 11) is 0. The molecule has 0 atom stereocenters. The molecule has 0 aliphatic carbocycles. The zero-order valence-corrected chi connectivity index (χ0v) is 15.6. The highest BCUT2D eigenvalue weighted by atomic mass is 32.2. The lowest BCUT2D eigenvalue weighted by Crippen LogP contribution is -2.47. The van der Waals surface area contributed by atoms with E-state index in [4.69, 9.17) is 4.74 Å². The monoisotopic (exact) mass is 388 g/mol. The Morgan fingerprint density at radius 1 is 1.04 bits per heavy atom. The molecule has 1 saturated heterocycles. The first-order valence-electron chi connectivity index (χ1n) is 8.73. The number of hydrogen-bond acceptors (Lipinski definition) is 4. The van der Waals surface area contributed by atoms with Crippen LogP contribution in [0.5, 0.6) is 0 Å². The van der Waals surface area contributed by atoms with Crippen molar-refractivity contribution in [3.63, 3.8) is 0 Å². The van der Waals surface area contributed by atoms with E-state index in [1.54, 1.807) is 11.8 Å². The van der Waals surface area contributed by atoms with Gasteiger partial charge in [0.2, 0.25) is 0 Å². The van der Waals surface area contributed by atoms with Gasteiger partial charge in [-0.1, -0.05) is 24.3 Å². The number of amides is 2. The Morgan fingerprint density at radius 2 is 1.78 bits per heavy atom. The molecule has 1 aliphatic heterocycles. The standard InChI is InChI=1S/C20H21FN2O3S/c21-15-5-4-6-16(13-15)23-19(25)18(24)22-14-20(9-11-26-12-10-20)27-17-7-2-1-3-8-17/h1-8,13H,9-12,14H2,(H,22,24)(H,23,25). The summed E-state index contributed by atoms with van der Waals surface area (Å²) in [4.78, 5) is 25.4. The summed E-state index contributed by atoms with van der Waals surface area (Å²) in [6.45, 7) is 1.59. The highest BCUT2D eigenvalue weighted by molar-refractivity contribution is 8.00. The fraction of sp³-hybridized carbons (Fsp3) is 0.300. The predicted octanol–water partition coefficient (Wildman–Crippen LogP) is 3.22. The maximum atomic E-state index is 13.2. The van der Waals surface area contributed by atoms with Gasteiger partial charge in [-0.05, 0) is 43.2 Å². The summed E-state index contributed by atoms with van der Waals surface area (Å²) in [5.74, 6) is -2.03. The van der Waals surface area contributed by atoms with Gasteiger partial charge in [0.05, 0.1) is 0 Å². The Labute approximate surface area is 161 Å². The first-order chi connectivity index (χ1) is 13.1. The van der Waals surface area contributed by atoms with Gasteiger partial charge in [-0.2, -0.15) is 0 Å². The van der Waals surface area contributed by atoms with Crippen LogP contribution in [0.25, 0.3) is 0 Å². The lowest BCUT2D eigenvalue weighted by Gasteiger charge is -2.36. The fourth-order valence-electron chi connectivity index (χ4n) is 2.87. The number of rotatable bonds is 5. The second-order valence-electron chi connectivity index (χ2n) is 6.36. The summed E-state index contributed by atoms with van der Waals surface area (Å²) in [6, 6.07) is 15.4. The largest absolute Gasteiger partial charge is 0.381 e. The van der Waals surface area contributed by atoms with Gasteiger partial charge in [0.1, 0.15) is 5.82 Å². The lowest BCUT2D eigenvalue weighted by molar-refractivity contribution is -0.136. The third kappa shape index (κ3) is 5.55. The predicted molar refractivity (Wildman–Crippen MR) is 103 cm³/mol. The van der Waals surface area contributed by atoms with Crippen molar-refractivity contribution in [3.05, 3.63) is 60.4 Å². The maximum absolute atomic E-state index is 13.2.